The number of hydrogen-bond donors (Lipinski definition) is 1. The molecule has 2 N–H and O–H groups in total. The molecule has 0 saturated heterocycles. The zero-order chi connectivity index (χ0) is 9.26. The summed E-state index contributed by atoms with van der Waals surface area (Å²) in [6.07, 6.45) is 3.64. The Labute approximate surface area is 74.1 Å². The second kappa shape index (κ2) is 2.85. The van der Waals surface area contributed by atoms with Gasteiger partial charge in [0.15, 0.2) is 0 Å². The SMILES string of the molecule is Cn1cc(Cn2nnnc2N)cn1. The maximum absolute atomic E-state index is 5.49. The smallest absolute Gasteiger partial charge is 0.240 e. The third kappa shape index (κ3) is 1.48. The van der Waals surface area contributed by atoms with Crippen molar-refractivity contribution in [2.24, 2.45) is 7.05 Å². The molecular weight excluding hydrogens is 170 g/mol. The summed E-state index contributed by atoms with van der Waals surface area (Å²) in [5, 5.41) is 14.7. The largest absolute Gasteiger partial charge is 0.367 e. The van der Waals surface area contributed by atoms with Crippen LogP contribution in [0.25, 0.3) is 0 Å². The Morgan fingerprint density at radius 1 is 1.54 bits per heavy atom. The van der Waals surface area contributed by atoms with E-state index in [-0.39, 0.29) is 0 Å². The van der Waals surface area contributed by atoms with E-state index in [2.05, 4.69) is 20.6 Å². The molecule has 0 aliphatic rings. The van der Waals surface area contributed by atoms with Gasteiger partial charge in [0.05, 0.1) is 12.7 Å². The standard InChI is InChI=1S/C6H9N7/c1-12-3-5(2-8-12)4-13-6(7)9-10-11-13/h2-3H,4H2,1H3,(H2,7,9,11). The zero-order valence-corrected chi connectivity index (χ0v) is 7.12. The highest BCUT2D eigenvalue weighted by Gasteiger charge is 2.02. The molecule has 0 bridgehead atoms. The Bertz CT molecular complexity index is 401. The van der Waals surface area contributed by atoms with Gasteiger partial charge in [0.25, 0.3) is 0 Å². The van der Waals surface area contributed by atoms with Gasteiger partial charge in [-0.2, -0.15) is 5.10 Å². The Hall–Kier alpha value is -1.92. The first kappa shape index (κ1) is 7.71. The van der Waals surface area contributed by atoms with Crippen molar-refractivity contribution in [3.8, 4) is 0 Å². The van der Waals surface area contributed by atoms with Gasteiger partial charge in [0, 0.05) is 18.8 Å². The van der Waals surface area contributed by atoms with Crippen LogP contribution in [0.15, 0.2) is 12.4 Å². The van der Waals surface area contributed by atoms with Crippen LogP contribution in [-0.2, 0) is 13.6 Å². The first-order valence-corrected chi connectivity index (χ1v) is 3.75. The number of nitrogens with two attached hydrogens (primary N) is 1. The zero-order valence-electron chi connectivity index (χ0n) is 7.12. The number of anilines is 1. The fourth-order valence-electron chi connectivity index (χ4n) is 1.05. The van der Waals surface area contributed by atoms with Gasteiger partial charge in [0.2, 0.25) is 5.95 Å². The van der Waals surface area contributed by atoms with Crippen LogP contribution in [-0.4, -0.2) is 30.0 Å². The van der Waals surface area contributed by atoms with E-state index in [1.807, 2.05) is 13.2 Å². The van der Waals surface area contributed by atoms with Gasteiger partial charge in [-0.15, -0.1) is 0 Å². The maximum atomic E-state index is 5.49. The van der Waals surface area contributed by atoms with E-state index in [9.17, 15) is 0 Å². The number of nitrogens with zero attached hydrogens (tertiary/aromatic N) is 6. The van der Waals surface area contributed by atoms with E-state index >= 15 is 0 Å². The van der Waals surface area contributed by atoms with Crippen LogP contribution >= 0.6 is 0 Å². The number of tetrazole rings is 1. The van der Waals surface area contributed by atoms with Gasteiger partial charge in [0.1, 0.15) is 0 Å². The minimum Gasteiger partial charge on any atom is -0.367 e. The van der Waals surface area contributed by atoms with Gasteiger partial charge in [-0.1, -0.05) is 5.10 Å². The molecule has 7 nitrogen and oxygen atoms in total. The molecule has 0 saturated carbocycles. The lowest BCUT2D eigenvalue weighted by Crippen LogP contribution is -2.05. The lowest BCUT2D eigenvalue weighted by molar-refractivity contribution is 0.654. The van der Waals surface area contributed by atoms with Gasteiger partial charge < -0.3 is 5.73 Å². The van der Waals surface area contributed by atoms with E-state index in [1.165, 1.54) is 4.68 Å². The lowest BCUT2D eigenvalue weighted by atomic mass is 10.4. The topological polar surface area (TPSA) is 87.4 Å². The van der Waals surface area contributed by atoms with Crippen molar-refractivity contribution in [1.29, 1.82) is 0 Å². The summed E-state index contributed by atoms with van der Waals surface area (Å²) in [6.45, 7) is 0.548. The summed E-state index contributed by atoms with van der Waals surface area (Å²) in [7, 11) is 1.85. The maximum Gasteiger partial charge on any atom is 0.240 e. The van der Waals surface area contributed by atoms with Crippen molar-refractivity contribution in [2.75, 3.05) is 5.73 Å². The Morgan fingerprint density at radius 2 is 2.38 bits per heavy atom. The molecule has 0 fully saturated rings. The Balaban J connectivity index is 2.19. The normalized spacial score (nSPS) is 10.5. The molecule has 0 spiro atoms. The molecule has 2 aromatic rings. The fourth-order valence-corrected chi connectivity index (χ4v) is 1.05. The molecule has 0 aliphatic carbocycles. The van der Waals surface area contributed by atoms with Crippen LogP contribution in [0.2, 0.25) is 0 Å². The van der Waals surface area contributed by atoms with Crippen molar-refractivity contribution in [3.63, 3.8) is 0 Å². The van der Waals surface area contributed by atoms with Crippen molar-refractivity contribution in [2.45, 2.75) is 6.54 Å². The van der Waals surface area contributed by atoms with Gasteiger partial charge in [-0.3, -0.25) is 4.68 Å². The summed E-state index contributed by atoms with van der Waals surface area (Å²) < 4.78 is 3.23. The van der Waals surface area contributed by atoms with Crippen LogP contribution in [0.1, 0.15) is 5.56 Å². The molecule has 2 heterocycles. The molecule has 13 heavy (non-hydrogen) atoms. The summed E-state index contributed by atoms with van der Waals surface area (Å²) in [6, 6.07) is 0. The molecule has 0 amide bonds. The van der Waals surface area contributed by atoms with Crippen LogP contribution in [0, 0.1) is 0 Å². The van der Waals surface area contributed by atoms with Gasteiger partial charge in [-0.25, -0.2) is 4.68 Å². The minimum atomic E-state index is 0.309. The minimum absolute atomic E-state index is 0.309. The predicted molar refractivity (Wildman–Crippen MR) is 44.5 cm³/mol. The lowest BCUT2D eigenvalue weighted by Gasteiger charge is -1.96. The second-order valence-electron chi connectivity index (χ2n) is 2.72. The van der Waals surface area contributed by atoms with E-state index in [4.69, 9.17) is 5.73 Å². The number of rotatable bonds is 2. The highest BCUT2D eigenvalue weighted by atomic mass is 15.6. The predicted octanol–water partition coefficient (Wildman–Crippen LogP) is -0.963. The highest BCUT2D eigenvalue weighted by molar-refractivity contribution is 5.14. The number of nitrogen functional groups attached to an aromatic ring is 1. The van der Waals surface area contributed by atoms with Crippen molar-refractivity contribution in [1.82, 2.24) is 30.0 Å². The molecular formula is C6H9N7. The average molecular weight is 179 g/mol. The molecule has 0 aliphatic heterocycles. The van der Waals surface area contributed by atoms with E-state index in [0.29, 0.717) is 12.5 Å². The van der Waals surface area contributed by atoms with Crippen LogP contribution < -0.4 is 5.73 Å². The fraction of sp³-hybridized carbons (Fsp3) is 0.333. The highest BCUT2D eigenvalue weighted by Crippen LogP contribution is 2.01. The van der Waals surface area contributed by atoms with Gasteiger partial charge in [-0.05, 0) is 10.4 Å². The van der Waals surface area contributed by atoms with E-state index in [0.717, 1.165) is 5.56 Å². The van der Waals surface area contributed by atoms with Crippen LogP contribution in [0.5, 0.6) is 0 Å². The van der Waals surface area contributed by atoms with E-state index in [1.54, 1.807) is 10.9 Å². The first-order valence-electron chi connectivity index (χ1n) is 3.75. The average Bonchev–Trinajstić information content (AvgIpc) is 2.64. The molecule has 0 unspecified atom stereocenters. The summed E-state index contributed by atoms with van der Waals surface area (Å²) >= 11 is 0. The monoisotopic (exact) mass is 179 g/mol. The molecule has 0 radical (unpaired) electrons. The first-order chi connectivity index (χ1) is 6.25. The molecule has 7 heteroatoms. The Morgan fingerprint density at radius 3 is 2.92 bits per heavy atom. The number of hydrogen-bond acceptors (Lipinski definition) is 5. The molecule has 2 aromatic heterocycles. The van der Waals surface area contributed by atoms with Crippen molar-refractivity contribution in [3.05, 3.63) is 18.0 Å². The van der Waals surface area contributed by atoms with Crippen LogP contribution in [0.4, 0.5) is 5.95 Å². The van der Waals surface area contributed by atoms with Crippen molar-refractivity contribution >= 4 is 5.95 Å². The molecule has 2 rings (SSSR count). The quantitative estimate of drug-likeness (QED) is 0.641. The van der Waals surface area contributed by atoms with Crippen molar-refractivity contribution < 1.29 is 0 Å². The third-order valence-corrected chi connectivity index (χ3v) is 1.65. The molecule has 0 aromatic carbocycles. The molecule has 68 valence electrons. The second-order valence-corrected chi connectivity index (χ2v) is 2.72. The Kier molecular flexibility index (Phi) is 1.69. The number of aromatic nitrogens is 6. The van der Waals surface area contributed by atoms with Crippen LogP contribution in [0.3, 0.4) is 0 Å². The summed E-state index contributed by atoms with van der Waals surface area (Å²) in [5.41, 5.74) is 6.51. The summed E-state index contributed by atoms with van der Waals surface area (Å²) in [4.78, 5) is 0. The molecule has 0 atom stereocenters. The third-order valence-electron chi connectivity index (χ3n) is 1.65. The number of aryl methyl sites for hydroxylation is 1. The summed E-state index contributed by atoms with van der Waals surface area (Å²) in [5.74, 6) is 0.309. The van der Waals surface area contributed by atoms with E-state index < -0.39 is 0 Å². The van der Waals surface area contributed by atoms with Gasteiger partial charge >= 0.3 is 0 Å².